The van der Waals surface area contributed by atoms with Gasteiger partial charge in [-0.3, -0.25) is 9.69 Å². The van der Waals surface area contributed by atoms with E-state index in [2.05, 4.69) is 14.5 Å². The number of ether oxygens (including phenoxy) is 1. The maximum atomic E-state index is 12.5. The molecule has 2 heterocycles. The molecule has 0 unspecified atom stereocenters. The summed E-state index contributed by atoms with van der Waals surface area (Å²) in [5.41, 5.74) is 0.782. The number of aromatic nitrogens is 2. The van der Waals surface area contributed by atoms with Gasteiger partial charge in [-0.2, -0.15) is 0 Å². The van der Waals surface area contributed by atoms with Crippen molar-refractivity contribution in [2.75, 3.05) is 45.9 Å². The van der Waals surface area contributed by atoms with Crippen LogP contribution >= 0.6 is 11.5 Å². The number of aliphatic hydroxyl groups is 1. The van der Waals surface area contributed by atoms with Crippen LogP contribution in [0.1, 0.15) is 29.2 Å². The Bertz CT molecular complexity index is 474. The minimum absolute atomic E-state index is 0.0290. The fourth-order valence-corrected chi connectivity index (χ4v) is 3.20. The van der Waals surface area contributed by atoms with Gasteiger partial charge in [0.05, 0.1) is 18.4 Å². The molecular formula is C14H24N4O3S. The van der Waals surface area contributed by atoms with Crippen molar-refractivity contribution in [2.45, 2.75) is 26.4 Å². The molecule has 2 rings (SSSR count). The first-order chi connectivity index (χ1) is 10.7. The van der Waals surface area contributed by atoms with E-state index in [9.17, 15) is 9.90 Å². The van der Waals surface area contributed by atoms with Crippen LogP contribution in [0, 0.1) is 0 Å². The number of hydrogen-bond donors (Lipinski definition) is 1. The van der Waals surface area contributed by atoms with Crippen LogP contribution in [-0.2, 0) is 11.2 Å². The summed E-state index contributed by atoms with van der Waals surface area (Å²) in [6.45, 7) is 8.32. The number of piperazine rings is 1. The molecule has 1 fully saturated rings. The molecule has 0 aliphatic carbocycles. The van der Waals surface area contributed by atoms with Gasteiger partial charge in [0.15, 0.2) is 0 Å². The summed E-state index contributed by atoms with van der Waals surface area (Å²) in [7, 11) is 0. The largest absolute Gasteiger partial charge is 0.389 e. The van der Waals surface area contributed by atoms with Gasteiger partial charge in [0.25, 0.3) is 5.91 Å². The molecule has 1 N–H and O–H groups in total. The van der Waals surface area contributed by atoms with E-state index < -0.39 is 6.10 Å². The van der Waals surface area contributed by atoms with Crippen molar-refractivity contribution < 1.29 is 14.6 Å². The number of carbonyl (C=O) groups excluding carboxylic acids is 1. The van der Waals surface area contributed by atoms with Gasteiger partial charge in [0, 0.05) is 39.3 Å². The number of β-amino-alcohol motifs (C(OH)–C–C–N with tert-alkyl or cyclic N) is 1. The van der Waals surface area contributed by atoms with Crippen molar-refractivity contribution in [2.24, 2.45) is 0 Å². The molecule has 0 spiro atoms. The lowest BCUT2D eigenvalue weighted by Gasteiger charge is -2.35. The van der Waals surface area contributed by atoms with Crippen LogP contribution in [0.5, 0.6) is 0 Å². The van der Waals surface area contributed by atoms with E-state index >= 15 is 0 Å². The zero-order chi connectivity index (χ0) is 15.9. The summed E-state index contributed by atoms with van der Waals surface area (Å²) in [5, 5.41) is 13.9. The van der Waals surface area contributed by atoms with Gasteiger partial charge in [-0.1, -0.05) is 11.4 Å². The molecule has 0 radical (unpaired) electrons. The normalized spacial score (nSPS) is 17.7. The molecular weight excluding hydrogens is 304 g/mol. The smallest absolute Gasteiger partial charge is 0.267 e. The van der Waals surface area contributed by atoms with Crippen LogP contribution < -0.4 is 0 Å². The van der Waals surface area contributed by atoms with Crippen molar-refractivity contribution in [1.29, 1.82) is 0 Å². The van der Waals surface area contributed by atoms with Crippen LogP contribution in [0.4, 0.5) is 0 Å². The first-order valence-electron chi connectivity index (χ1n) is 7.74. The zero-order valence-corrected chi connectivity index (χ0v) is 14.0. The zero-order valence-electron chi connectivity index (χ0n) is 13.2. The molecule has 22 heavy (non-hydrogen) atoms. The van der Waals surface area contributed by atoms with Crippen LogP contribution in [0.25, 0.3) is 0 Å². The molecule has 0 bridgehead atoms. The number of aliphatic hydroxyl groups excluding tert-OH is 1. The summed E-state index contributed by atoms with van der Waals surface area (Å²) < 4.78 is 9.10. The molecule has 7 nitrogen and oxygen atoms in total. The maximum absolute atomic E-state index is 12.5. The Kier molecular flexibility index (Phi) is 6.69. The molecule has 1 atom stereocenters. The molecule has 1 saturated heterocycles. The third-order valence-corrected chi connectivity index (χ3v) is 4.48. The lowest BCUT2D eigenvalue weighted by molar-refractivity contribution is 0.0112. The van der Waals surface area contributed by atoms with Gasteiger partial charge < -0.3 is 14.7 Å². The highest BCUT2D eigenvalue weighted by Gasteiger charge is 2.26. The van der Waals surface area contributed by atoms with Crippen molar-refractivity contribution in [3.8, 4) is 0 Å². The number of hydrogen-bond acceptors (Lipinski definition) is 7. The summed E-state index contributed by atoms with van der Waals surface area (Å²) >= 11 is 1.17. The summed E-state index contributed by atoms with van der Waals surface area (Å²) in [6.07, 6.45) is 0.251. The lowest BCUT2D eigenvalue weighted by Crippen LogP contribution is -2.50. The van der Waals surface area contributed by atoms with Crippen LogP contribution in [0.3, 0.4) is 0 Å². The minimum atomic E-state index is -0.473. The predicted octanol–water partition coefficient (Wildman–Crippen LogP) is 0.256. The van der Waals surface area contributed by atoms with Crippen molar-refractivity contribution >= 4 is 17.4 Å². The molecule has 0 aromatic carbocycles. The first kappa shape index (κ1) is 17.3. The topological polar surface area (TPSA) is 78.8 Å². The third-order valence-electron chi connectivity index (χ3n) is 3.73. The Balaban J connectivity index is 1.80. The van der Waals surface area contributed by atoms with E-state index in [0.717, 1.165) is 25.2 Å². The number of rotatable bonds is 7. The van der Waals surface area contributed by atoms with Gasteiger partial charge in [-0.25, -0.2) is 0 Å². The van der Waals surface area contributed by atoms with Crippen molar-refractivity contribution in [3.63, 3.8) is 0 Å². The average Bonchev–Trinajstić information content (AvgIpc) is 3.01. The van der Waals surface area contributed by atoms with Gasteiger partial charge in [0.1, 0.15) is 4.88 Å². The molecule has 1 aliphatic rings. The van der Waals surface area contributed by atoms with Gasteiger partial charge >= 0.3 is 0 Å². The SMILES string of the molecule is CCOC[C@H](O)CN1CCN(C(=O)c2snnc2CC)CC1. The van der Waals surface area contributed by atoms with Crippen molar-refractivity contribution in [3.05, 3.63) is 10.6 Å². The summed E-state index contributed by atoms with van der Waals surface area (Å²) in [6, 6.07) is 0. The molecule has 1 aromatic heterocycles. The van der Waals surface area contributed by atoms with E-state index in [-0.39, 0.29) is 5.91 Å². The Labute approximate surface area is 135 Å². The number of amides is 1. The Morgan fingerprint density at radius 1 is 1.36 bits per heavy atom. The number of aryl methyl sites for hydroxylation is 1. The van der Waals surface area contributed by atoms with Crippen LogP contribution in [-0.4, -0.2) is 82.4 Å². The monoisotopic (exact) mass is 328 g/mol. The standard InChI is InChI=1S/C14H24N4O3S/c1-3-12-13(22-16-15-12)14(20)18-7-5-17(6-8-18)9-11(19)10-21-4-2/h11,19H,3-10H2,1-2H3/t11-/m1/s1. The second-order valence-electron chi connectivity index (χ2n) is 5.31. The minimum Gasteiger partial charge on any atom is -0.389 e. The quantitative estimate of drug-likeness (QED) is 0.773. The van der Waals surface area contributed by atoms with E-state index in [0.29, 0.717) is 37.7 Å². The maximum Gasteiger partial charge on any atom is 0.267 e. The van der Waals surface area contributed by atoms with Gasteiger partial charge in [0.2, 0.25) is 0 Å². The Morgan fingerprint density at radius 3 is 2.73 bits per heavy atom. The van der Waals surface area contributed by atoms with Crippen LogP contribution in [0.2, 0.25) is 0 Å². The lowest BCUT2D eigenvalue weighted by atomic mass is 10.2. The third kappa shape index (κ3) is 4.45. The van der Waals surface area contributed by atoms with Crippen LogP contribution in [0.15, 0.2) is 0 Å². The Hall–Kier alpha value is -1.09. The van der Waals surface area contributed by atoms with E-state index in [1.165, 1.54) is 11.5 Å². The molecule has 0 saturated carbocycles. The Morgan fingerprint density at radius 2 is 2.09 bits per heavy atom. The van der Waals surface area contributed by atoms with Crippen molar-refractivity contribution in [1.82, 2.24) is 19.4 Å². The molecule has 124 valence electrons. The van der Waals surface area contributed by atoms with Gasteiger partial charge in [-0.15, -0.1) is 5.10 Å². The second-order valence-corrected chi connectivity index (χ2v) is 6.06. The fraction of sp³-hybridized carbons (Fsp3) is 0.786. The second kappa shape index (κ2) is 8.52. The molecule has 1 aliphatic heterocycles. The highest BCUT2D eigenvalue weighted by molar-refractivity contribution is 7.08. The van der Waals surface area contributed by atoms with E-state index in [4.69, 9.17) is 4.74 Å². The van der Waals surface area contributed by atoms with Gasteiger partial charge in [-0.05, 0) is 24.9 Å². The highest BCUT2D eigenvalue weighted by atomic mass is 32.1. The molecule has 1 aromatic rings. The number of nitrogens with zero attached hydrogens (tertiary/aromatic N) is 4. The number of carbonyl (C=O) groups is 1. The predicted molar refractivity (Wildman–Crippen MR) is 84.1 cm³/mol. The molecule has 1 amide bonds. The van der Waals surface area contributed by atoms with E-state index in [1.54, 1.807) is 0 Å². The van der Waals surface area contributed by atoms with E-state index in [1.807, 2.05) is 18.7 Å². The first-order valence-corrected chi connectivity index (χ1v) is 8.51. The highest BCUT2D eigenvalue weighted by Crippen LogP contribution is 2.16. The summed E-state index contributed by atoms with van der Waals surface area (Å²) in [5.74, 6) is 0.0290. The molecule has 8 heteroatoms. The summed E-state index contributed by atoms with van der Waals surface area (Å²) in [4.78, 5) is 17.2. The average molecular weight is 328 g/mol. The fourth-order valence-electron chi connectivity index (χ4n) is 2.48.